The van der Waals surface area contributed by atoms with E-state index in [-0.39, 0.29) is 5.54 Å². The number of aromatic nitrogens is 2. The molecular formula is C16H27N3O. The Morgan fingerprint density at radius 1 is 1.15 bits per heavy atom. The summed E-state index contributed by atoms with van der Waals surface area (Å²) in [6, 6.07) is 0. The molecule has 112 valence electrons. The molecule has 0 aliphatic heterocycles. The second-order valence-electron chi connectivity index (χ2n) is 7.88. The third kappa shape index (κ3) is 2.50. The molecule has 0 saturated heterocycles. The zero-order chi connectivity index (χ0) is 14.4. The number of nitrogens with zero attached hydrogens (tertiary/aromatic N) is 2. The lowest BCUT2D eigenvalue weighted by atomic mass is 9.70. The summed E-state index contributed by atoms with van der Waals surface area (Å²) in [6.45, 7) is 7.04. The molecule has 4 nitrogen and oxygen atoms in total. The largest absolute Gasteiger partial charge is 0.337 e. The van der Waals surface area contributed by atoms with Gasteiger partial charge in [0.1, 0.15) is 0 Å². The molecule has 2 aliphatic rings. The van der Waals surface area contributed by atoms with Crippen molar-refractivity contribution in [1.29, 1.82) is 0 Å². The maximum atomic E-state index is 6.25. The summed E-state index contributed by atoms with van der Waals surface area (Å²) in [4.78, 5) is 4.61. The second-order valence-corrected chi connectivity index (χ2v) is 7.88. The first-order valence-electron chi connectivity index (χ1n) is 8.01. The SMILES string of the molecule is CC(C)(C)C1CCC(c2noc(C3(N)CCC3)n2)CC1. The number of hydrogen-bond donors (Lipinski definition) is 1. The maximum absolute atomic E-state index is 6.25. The van der Waals surface area contributed by atoms with Crippen LogP contribution in [-0.4, -0.2) is 10.1 Å². The van der Waals surface area contributed by atoms with Crippen molar-refractivity contribution in [3.8, 4) is 0 Å². The molecule has 0 amide bonds. The molecule has 2 N–H and O–H groups in total. The van der Waals surface area contributed by atoms with E-state index >= 15 is 0 Å². The molecule has 4 heteroatoms. The molecule has 0 bridgehead atoms. The fourth-order valence-corrected chi connectivity index (χ4v) is 3.59. The van der Waals surface area contributed by atoms with Crippen molar-refractivity contribution >= 4 is 0 Å². The van der Waals surface area contributed by atoms with E-state index in [1.165, 1.54) is 32.1 Å². The quantitative estimate of drug-likeness (QED) is 0.894. The van der Waals surface area contributed by atoms with Crippen molar-refractivity contribution in [2.75, 3.05) is 0 Å². The van der Waals surface area contributed by atoms with Crippen LogP contribution in [-0.2, 0) is 5.54 Å². The van der Waals surface area contributed by atoms with E-state index in [2.05, 4.69) is 30.9 Å². The van der Waals surface area contributed by atoms with Crippen LogP contribution in [0.4, 0.5) is 0 Å². The van der Waals surface area contributed by atoms with E-state index in [0.717, 1.165) is 24.6 Å². The molecule has 1 aromatic heterocycles. The van der Waals surface area contributed by atoms with Gasteiger partial charge in [-0.05, 0) is 56.3 Å². The third-order valence-electron chi connectivity index (χ3n) is 5.43. The van der Waals surface area contributed by atoms with Gasteiger partial charge in [-0.1, -0.05) is 25.9 Å². The van der Waals surface area contributed by atoms with E-state index in [1.807, 2.05) is 0 Å². The van der Waals surface area contributed by atoms with Gasteiger partial charge in [0.05, 0.1) is 5.54 Å². The zero-order valence-corrected chi connectivity index (χ0v) is 13.0. The summed E-state index contributed by atoms with van der Waals surface area (Å²) < 4.78 is 5.43. The first kappa shape index (κ1) is 14.1. The Bertz CT molecular complexity index is 462. The molecule has 0 atom stereocenters. The molecule has 2 fully saturated rings. The maximum Gasteiger partial charge on any atom is 0.246 e. The van der Waals surface area contributed by atoms with Gasteiger partial charge in [-0.25, -0.2) is 0 Å². The predicted molar refractivity (Wildman–Crippen MR) is 78.2 cm³/mol. The molecule has 2 aliphatic carbocycles. The number of nitrogens with two attached hydrogens (primary N) is 1. The first-order valence-corrected chi connectivity index (χ1v) is 8.01. The molecule has 1 heterocycles. The lowest BCUT2D eigenvalue weighted by molar-refractivity contribution is 0.165. The summed E-state index contributed by atoms with van der Waals surface area (Å²) in [5.74, 6) is 2.84. The van der Waals surface area contributed by atoms with Crippen LogP contribution in [0.15, 0.2) is 4.52 Å². The van der Waals surface area contributed by atoms with Crippen LogP contribution in [0.3, 0.4) is 0 Å². The van der Waals surface area contributed by atoms with Crippen LogP contribution in [0.2, 0.25) is 0 Å². The fraction of sp³-hybridized carbons (Fsp3) is 0.875. The minimum Gasteiger partial charge on any atom is -0.337 e. The highest BCUT2D eigenvalue weighted by Gasteiger charge is 2.40. The number of rotatable bonds is 2. The highest BCUT2D eigenvalue weighted by atomic mass is 16.5. The molecule has 0 unspecified atom stereocenters. The van der Waals surface area contributed by atoms with Crippen LogP contribution < -0.4 is 5.73 Å². The second kappa shape index (κ2) is 4.83. The minimum atomic E-state index is -0.326. The molecule has 0 aromatic carbocycles. The van der Waals surface area contributed by atoms with Gasteiger partial charge in [-0.3, -0.25) is 0 Å². The number of hydrogen-bond acceptors (Lipinski definition) is 4. The highest BCUT2D eigenvalue weighted by molar-refractivity contribution is 5.09. The summed E-state index contributed by atoms with van der Waals surface area (Å²) in [6.07, 6.45) is 8.02. The van der Waals surface area contributed by atoms with Crippen LogP contribution in [0.25, 0.3) is 0 Å². The van der Waals surface area contributed by atoms with E-state index in [0.29, 0.717) is 17.2 Å². The Morgan fingerprint density at radius 2 is 1.80 bits per heavy atom. The van der Waals surface area contributed by atoms with Gasteiger partial charge < -0.3 is 10.3 Å². The van der Waals surface area contributed by atoms with Crippen molar-refractivity contribution in [2.24, 2.45) is 17.1 Å². The van der Waals surface area contributed by atoms with Crippen molar-refractivity contribution in [3.63, 3.8) is 0 Å². The van der Waals surface area contributed by atoms with Gasteiger partial charge in [-0.2, -0.15) is 4.98 Å². The van der Waals surface area contributed by atoms with Crippen molar-refractivity contribution in [2.45, 2.75) is 77.2 Å². The van der Waals surface area contributed by atoms with Crippen molar-refractivity contribution in [3.05, 3.63) is 11.7 Å². The van der Waals surface area contributed by atoms with Crippen LogP contribution in [0.1, 0.15) is 83.3 Å². The average molecular weight is 277 g/mol. The van der Waals surface area contributed by atoms with Gasteiger partial charge in [0, 0.05) is 5.92 Å². The van der Waals surface area contributed by atoms with Gasteiger partial charge in [0.25, 0.3) is 0 Å². The lowest BCUT2D eigenvalue weighted by Crippen LogP contribution is -2.43. The van der Waals surface area contributed by atoms with Gasteiger partial charge in [0.2, 0.25) is 5.89 Å². The van der Waals surface area contributed by atoms with E-state index in [4.69, 9.17) is 10.3 Å². The lowest BCUT2D eigenvalue weighted by Gasteiger charge is -2.36. The summed E-state index contributed by atoms with van der Waals surface area (Å²) in [7, 11) is 0. The summed E-state index contributed by atoms with van der Waals surface area (Å²) in [5.41, 5.74) is 6.34. The third-order valence-corrected chi connectivity index (χ3v) is 5.43. The molecule has 3 rings (SSSR count). The Morgan fingerprint density at radius 3 is 2.30 bits per heavy atom. The Balaban J connectivity index is 1.64. The fourth-order valence-electron chi connectivity index (χ4n) is 3.59. The standard InChI is InChI=1S/C16H27N3O/c1-15(2,3)12-7-5-11(6-8-12)13-18-14(20-19-13)16(17)9-4-10-16/h11-12H,4-10,17H2,1-3H3. The molecule has 1 aromatic rings. The van der Waals surface area contributed by atoms with E-state index < -0.39 is 0 Å². The zero-order valence-electron chi connectivity index (χ0n) is 13.0. The Hall–Kier alpha value is -0.900. The van der Waals surface area contributed by atoms with Crippen LogP contribution in [0, 0.1) is 11.3 Å². The first-order chi connectivity index (χ1) is 9.38. The van der Waals surface area contributed by atoms with Crippen molar-refractivity contribution in [1.82, 2.24) is 10.1 Å². The summed E-state index contributed by atoms with van der Waals surface area (Å²) in [5, 5.41) is 4.21. The predicted octanol–water partition coefficient (Wildman–Crippen LogP) is 3.73. The van der Waals surface area contributed by atoms with Gasteiger partial charge in [-0.15, -0.1) is 0 Å². The average Bonchev–Trinajstić information content (AvgIpc) is 2.85. The molecule has 0 spiro atoms. The van der Waals surface area contributed by atoms with E-state index in [1.54, 1.807) is 0 Å². The van der Waals surface area contributed by atoms with Crippen LogP contribution >= 0.6 is 0 Å². The summed E-state index contributed by atoms with van der Waals surface area (Å²) >= 11 is 0. The monoisotopic (exact) mass is 277 g/mol. The van der Waals surface area contributed by atoms with Crippen molar-refractivity contribution < 1.29 is 4.52 Å². The molecular weight excluding hydrogens is 250 g/mol. The normalized spacial score (nSPS) is 30.0. The minimum absolute atomic E-state index is 0.326. The van der Waals surface area contributed by atoms with E-state index in [9.17, 15) is 0 Å². The van der Waals surface area contributed by atoms with Gasteiger partial charge in [0.15, 0.2) is 5.82 Å². The molecule has 2 saturated carbocycles. The highest BCUT2D eigenvalue weighted by Crippen LogP contribution is 2.43. The Labute approximate surface area is 121 Å². The topological polar surface area (TPSA) is 64.9 Å². The smallest absolute Gasteiger partial charge is 0.246 e. The van der Waals surface area contributed by atoms with Gasteiger partial charge >= 0.3 is 0 Å². The Kier molecular flexibility index (Phi) is 3.39. The molecule has 20 heavy (non-hydrogen) atoms. The van der Waals surface area contributed by atoms with Crippen LogP contribution in [0.5, 0.6) is 0 Å². The molecule has 0 radical (unpaired) electrons.